The minimum atomic E-state index is -3.66. The van der Waals surface area contributed by atoms with E-state index < -0.39 is 10.0 Å². The lowest BCUT2D eigenvalue weighted by atomic mass is 10.2. The van der Waals surface area contributed by atoms with Gasteiger partial charge in [-0.25, -0.2) is 13.6 Å². The number of fused-ring (bicyclic) bond motifs is 1. The van der Waals surface area contributed by atoms with Crippen molar-refractivity contribution < 1.29 is 8.42 Å². The van der Waals surface area contributed by atoms with Gasteiger partial charge in [0.05, 0.1) is 10.8 Å². The monoisotopic (exact) mass is 343 g/mol. The Morgan fingerprint density at radius 1 is 1.52 bits per heavy atom. The molecule has 0 aromatic carbocycles. The number of nitrogens with two attached hydrogens (primary N) is 1. The van der Waals surface area contributed by atoms with Gasteiger partial charge in [0.1, 0.15) is 4.21 Å². The van der Waals surface area contributed by atoms with Gasteiger partial charge in [-0.05, 0) is 37.9 Å². The SMILES string of the molecule is C#CCNCC1=Cc2cc(S(N)(=O)=O)sc2SN1C(C)C. The number of nitrogens with one attached hydrogen (secondary N) is 1. The molecule has 5 nitrogen and oxygen atoms in total. The van der Waals surface area contributed by atoms with Crippen molar-refractivity contribution in [3.63, 3.8) is 0 Å². The van der Waals surface area contributed by atoms with E-state index in [9.17, 15) is 8.42 Å². The molecule has 0 fully saturated rings. The van der Waals surface area contributed by atoms with Gasteiger partial charge in [0.15, 0.2) is 0 Å². The van der Waals surface area contributed by atoms with E-state index in [1.165, 1.54) is 11.3 Å². The van der Waals surface area contributed by atoms with Crippen LogP contribution < -0.4 is 10.5 Å². The third-order valence-corrected chi connectivity index (χ3v) is 6.87. The van der Waals surface area contributed by atoms with Gasteiger partial charge < -0.3 is 9.62 Å². The second-order valence-electron chi connectivity index (χ2n) is 4.81. The Labute approximate surface area is 133 Å². The lowest BCUT2D eigenvalue weighted by Gasteiger charge is -2.32. The molecule has 0 saturated carbocycles. The number of rotatable bonds is 5. The third-order valence-electron chi connectivity index (χ3n) is 2.77. The summed E-state index contributed by atoms with van der Waals surface area (Å²) in [6, 6.07) is 1.91. The van der Waals surface area contributed by atoms with Gasteiger partial charge >= 0.3 is 0 Å². The van der Waals surface area contributed by atoms with Crippen molar-refractivity contribution in [3.8, 4) is 12.3 Å². The maximum Gasteiger partial charge on any atom is 0.247 e. The number of sulfonamides is 1. The van der Waals surface area contributed by atoms with Gasteiger partial charge in [0, 0.05) is 23.8 Å². The van der Waals surface area contributed by atoms with Crippen LogP contribution in [0.4, 0.5) is 0 Å². The number of nitrogens with zero attached hydrogens (tertiary/aromatic N) is 1. The van der Waals surface area contributed by atoms with Gasteiger partial charge in [0.2, 0.25) is 10.0 Å². The highest BCUT2D eigenvalue weighted by atomic mass is 32.3. The van der Waals surface area contributed by atoms with Crippen LogP contribution in [0.3, 0.4) is 0 Å². The molecule has 1 aromatic rings. The molecule has 8 heteroatoms. The van der Waals surface area contributed by atoms with Gasteiger partial charge in [-0.3, -0.25) is 0 Å². The van der Waals surface area contributed by atoms with E-state index in [0.29, 0.717) is 13.1 Å². The molecule has 1 aliphatic rings. The predicted molar refractivity (Wildman–Crippen MR) is 88.2 cm³/mol. The van der Waals surface area contributed by atoms with Crippen molar-refractivity contribution in [2.24, 2.45) is 5.14 Å². The maximum absolute atomic E-state index is 11.5. The molecule has 1 aromatic heterocycles. The maximum atomic E-state index is 11.5. The van der Waals surface area contributed by atoms with E-state index >= 15 is 0 Å². The molecule has 0 amide bonds. The lowest BCUT2D eigenvalue weighted by molar-refractivity contribution is 0.461. The highest BCUT2D eigenvalue weighted by molar-refractivity contribution is 7.99. The summed E-state index contributed by atoms with van der Waals surface area (Å²) < 4.78 is 26.2. The summed E-state index contributed by atoms with van der Waals surface area (Å²) in [4.78, 5) is 0. The van der Waals surface area contributed by atoms with Crippen molar-refractivity contribution in [1.29, 1.82) is 0 Å². The van der Waals surface area contributed by atoms with Crippen LogP contribution in [0.5, 0.6) is 0 Å². The molecule has 0 spiro atoms. The van der Waals surface area contributed by atoms with Crippen molar-refractivity contribution in [1.82, 2.24) is 9.62 Å². The molecule has 2 rings (SSSR count). The standard InChI is InChI=1S/C13H17N3O2S3/c1-4-5-15-8-11-6-10-7-12(21(14,17)18)19-13(10)20-16(11)9(2)3/h1,6-7,9,15H,5,8H2,2-3H3,(H2,14,17,18). The van der Waals surface area contributed by atoms with E-state index in [1.54, 1.807) is 18.0 Å². The molecule has 0 saturated heterocycles. The molecule has 21 heavy (non-hydrogen) atoms. The zero-order chi connectivity index (χ0) is 15.6. The van der Waals surface area contributed by atoms with Crippen LogP contribution in [0, 0.1) is 12.3 Å². The Kier molecular flexibility index (Phi) is 5.01. The fourth-order valence-corrected chi connectivity index (χ4v) is 5.17. The Balaban J connectivity index is 2.33. The zero-order valence-corrected chi connectivity index (χ0v) is 14.2. The average Bonchev–Trinajstić information content (AvgIpc) is 2.80. The first kappa shape index (κ1) is 16.4. The predicted octanol–water partition coefficient (Wildman–Crippen LogP) is 1.69. The van der Waals surface area contributed by atoms with Gasteiger partial charge in [-0.2, -0.15) is 0 Å². The van der Waals surface area contributed by atoms with E-state index in [-0.39, 0.29) is 10.3 Å². The number of hydrogen-bond donors (Lipinski definition) is 2. The van der Waals surface area contributed by atoms with Gasteiger partial charge in [-0.15, -0.1) is 17.8 Å². The molecule has 0 bridgehead atoms. The number of hydrogen-bond acceptors (Lipinski definition) is 6. The molecule has 0 aliphatic carbocycles. The molecule has 0 unspecified atom stereocenters. The molecule has 2 heterocycles. The van der Waals surface area contributed by atoms with Gasteiger partial charge in [0.25, 0.3) is 0 Å². The minimum absolute atomic E-state index is 0.192. The van der Waals surface area contributed by atoms with Crippen molar-refractivity contribution in [3.05, 3.63) is 17.3 Å². The smallest absolute Gasteiger partial charge is 0.247 e. The highest BCUT2D eigenvalue weighted by Gasteiger charge is 2.25. The van der Waals surface area contributed by atoms with Crippen LogP contribution in [0.1, 0.15) is 19.4 Å². The molecule has 114 valence electrons. The number of terminal acetylenes is 1. The number of primary sulfonamides is 1. The van der Waals surface area contributed by atoms with Crippen LogP contribution in [-0.2, 0) is 10.0 Å². The Bertz CT molecular complexity index is 699. The normalized spacial score (nSPS) is 14.8. The van der Waals surface area contributed by atoms with E-state index in [0.717, 1.165) is 15.5 Å². The first-order valence-corrected chi connectivity index (χ1v) is 9.45. The lowest BCUT2D eigenvalue weighted by Crippen LogP contribution is -2.31. The first-order chi connectivity index (χ1) is 9.82. The minimum Gasteiger partial charge on any atom is -0.311 e. The molecular formula is C13H17N3O2S3. The zero-order valence-electron chi connectivity index (χ0n) is 11.8. The van der Waals surface area contributed by atoms with Crippen molar-refractivity contribution in [2.75, 3.05) is 13.1 Å². The van der Waals surface area contributed by atoms with E-state index in [4.69, 9.17) is 11.6 Å². The van der Waals surface area contributed by atoms with Crippen molar-refractivity contribution in [2.45, 2.75) is 28.3 Å². The molecular weight excluding hydrogens is 326 g/mol. The molecule has 0 atom stereocenters. The average molecular weight is 343 g/mol. The first-order valence-electron chi connectivity index (χ1n) is 6.31. The van der Waals surface area contributed by atoms with Crippen LogP contribution in [-0.4, -0.2) is 31.9 Å². The summed E-state index contributed by atoms with van der Waals surface area (Å²) in [6.45, 7) is 5.30. The third kappa shape index (κ3) is 3.81. The second-order valence-corrected chi connectivity index (χ2v) is 8.89. The fourth-order valence-electron chi connectivity index (χ4n) is 1.90. The quantitative estimate of drug-likeness (QED) is 0.483. The van der Waals surface area contributed by atoms with E-state index in [2.05, 4.69) is 29.4 Å². The van der Waals surface area contributed by atoms with Crippen molar-refractivity contribution >= 4 is 39.4 Å². The summed E-state index contributed by atoms with van der Waals surface area (Å²) in [7, 11) is -3.66. The summed E-state index contributed by atoms with van der Waals surface area (Å²) in [5.41, 5.74) is 1.96. The van der Waals surface area contributed by atoms with Crippen LogP contribution >= 0.6 is 23.3 Å². The molecule has 0 radical (unpaired) electrons. The van der Waals surface area contributed by atoms with Crippen LogP contribution in [0.2, 0.25) is 0 Å². The van der Waals surface area contributed by atoms with E-state index in [1.807, 2.05) is 6.08 Å². The Morgan fingerprint density at radius 3 is 2.81 bits per heavy atom. The fraction of sp³-hybridized carbons (Fsp3) is 0.385. The van der Waals surface area contributed by atoms with Gasteiger partial charge in [-0.1, -0.05) is 5.92 Å². The topological polar surface area (TPSA) is 75.4 Å². The second kappa shape index (κ2) is 6.42. The summed E-state index contributed by atoms with van der Waals surface area (Å²) >= 11 is 2.74. The van der Waals surface area contributed by atoms with Crippen LogP contribution in [0.15, 0.2) is 20.2 Å². The molecule has 1 aliphatic heterocycles. The van der Waals surface area contributed by atoms with Crippen LogP contribution in [0.25, 0.3) is 6.08 Å². The summed E-state index contributed by atoms with van der Waals surface area (Å²) in [5.74, 6) is 2.54. The highest BCUT2D eigenvalue weighted by Crippen LogP contribution is 2.43. The summed E-state index contributed by atoms with van der Waals surface area (Å²) in [6.07, 6.45) is 7.22. The molecule has 3 N–H and O–H groups in total. The Morgan fingerprint density at radius 2 is 2.24 bits per heavy atom. The largest absolute Gasteiger partial charge is 0.311 e. The number of thiophene rings is 1. The Hall–Kier alpha value is -0.980. The summed E-state index contributed by atoms with van der Waals surface area (Å²) in [5, 5.41) is 8.36.